The number of amides is 1. The fourth-order valence-electron chi connectivity index (χ4n) is 3.30. The molecule has 28 heavy (non-hydrogen) atoms. The van der Waals surface area contributed by atoms with Gasteiger partial charge in [0.1, 0.15) is 6.26 Å². The van der Waals surface area contributed by atoms with Gasteiger partial charge in [0.2, 0.25) is 0 Å². The Hall–Kier alpha value is -3.48. The van der Waals surface area contributed by atoms with Crippen LogP contribution < -0.4 is 10.5 Å². The Morgan fingerprint density at radius 2 is 1.75 bits per heavy atom. The third-order valence-electron chi connectivity index (χ3n) is 4.91. The van der Waals surface area contributed by atoms with Gasteiger partial charge in [-0.1, -0.05) is 24.3 Å². The van der Waals surface area contributed by atoms with Gasteiger partial charge < -0.3 is 14.2 Å². The first-order valence-electron chi connectivity index (χ1n) is 9.14. The zero-order valence-electron chi connectivity index (χ0n) is 15.5. The van der Waals surface area contributed by atoms with Gasteiger partial charge in [0.05, 0.1) is 11.3 Å². The van der Waals surface area contributed by atoms with Crippen molar-refractivity contribution < 1.29 is 9.21 Å². The molecule has 1 aliphatic heterocycles. The van der Waals surface area contributed by atoms with Crippen LogP contribution in [0.15, 0.2) is 64.0 Å². The highest BCUT2D eigenvalue weighted by atomic mass is 16.4. The van der Waals surface area contributed by atoms with Crippen molar-refractivity contribution >= 4 is 11.7 Å². The highest BCUT2D eigenvalue weighted by molar-refractivity contribution is 5.93. The second-order valence-corrected chi connectivity index (χ2v) is 6.71. The Balaban J connectivity index is 1.41. The van der Waals surface area contributed by atoms with Crippen molar-refractivity contribution in [3.63, 3.8) is 0 Å². The van der Waals surface area contributed by atoms with Crippen LogP contribution in [0, 0.1) is 6.92 Å². The average Bonchev–Trinajstić information content (AvgIpc) is 2.74. The summed E-state index contributed by atoms with van der Waals surface area (Å²) < 4.78 is 4.78. The minimum atomic E-state index is -0.464. The SMILES string of the molecule is Cc1ccccc1-c1ccc(N2CCN(C(=O)c3ccc(=O)oc3)CC2)nn1. The zero-order chi connectivity index (χ0) is 19.5. The molecule has 2 aromatic heterocycles. The number of piperazine rings is 1. The number of hydrogen-bond donors (Lipinski definition) is 0. The molecule has 7 heteroatoms. The van der Waals surface area contributed by atoms with Gasteiger partial charge in [0, 0.05) is 37.8 Å². The first-order chi connectivity index (χ1) is 13.6. The van der Waals surface area contributed by atoms with E-state index < -0.39 is 5.63 Å². The molecule has 4 rings (SSSR count). The molecule has 1 aliphatic rings. The van der Waals surface area contributed by atoms with Gasteiger partial charge >= 0.3 is 5.63 Å². The monoisotopic (exact) mass is 376 g/mol. The molecule has 0 unspecified atom stereocenters. The summed E-state index contributed by atoms with van der Waals surface area (Å²) in [6, 6.07) is 14.8. The maximum atomic E-state index is 12.5. The van der Waals surface area contributed by atoms with Crippen LogP contribution in [0.2, 0.25) is 0 Å². The summed E-state index contributed by atoms with van der Waals surface area (Å²) in [6.07, 6.45) is 1.22. The maximum Gasteiger partial charge on any atom is 0.335 e. The molecule has 0 aliphatic carbocycles. The summed E-state index contributed by atoms with van der Waals surface area (Å²) in [5.41, 5.74) is 3.01. The van der Waals surface area contributed by atoms with Gasteiger partial charge in [-0.25, -0.2) is 4.79 Å². The summed E-state index contributed by atoms with van der Waals surface area (Å²) in [6.45, 7) is 4.53. The summed E-state index contributed by atoms with van der Waals surface area (Å²) >= 11 is 0. The van der Waals surface area contributed by atoms with Crippen molar-refractivity contribution in [3.8, 4) is 11.3 Å². The van der Waals surface area contributed by atoms with Crippen LogP contribution in [0.25, 0.3) is 11.3 Å². The maximum absolute atomic E-state index is 12.5. The quantitative estimate of drug-likeness (QED) is 0.698. The predicted octanol–water partition coefficient (Wildman–Crippen LogP) is 2.37. The van der Waals surface area contributed by atoms with Crippen molar-refractivity contribution in [1.82, 2.24) is 15.1 Å². The van der Waals surface area contributed by atoms with E-state index in [1.54, 1.807) is 4.90 Å². The molecule has 0 atom stereocenters. The fourth-order valence-corrected chi connectivity index (χ4v) is 3.30. The van der Waals surface area contributed by atoms with Crippen LogP contribution in [0.4, 0.5) is 5.82 Å². The van der Waals surface area contributed by atoms with Crippen LogP contribution in [0.1, 0.15) is 15.9 Å². The molecule has 1 amide bonds. The third kappa shape index (κ3) is 3.64. The second-order valence-electron chi connectivity index (χ2n) is 6.71. The molecule has 142 valence electrons. The number of aryl methyl sites for hydroxylation is 1. The summed E-state index contributed by atoms with van der Waals surface area (Å²) in [4.78, 5) is 27.4. The lowest BCUT2D eigenvalue weighted by Gasteiger charge is -2.35. The normalized spacial score (nSPS) is 14.2. The van der Waals surface area contributed by atoms with E-state index in [2.05, 4.69) is 28.1 Å². The molecule has 3 aromatic rings. The molecule has 7 nitrogen and oxygen atoms in total. The second kappa shape index (κ2) is 7.64. The average molecular weight is 376 g/mol. The van der Waals surface area contributed by atoms with Gasteiger partial charge in [0.15, 0.2) is 5.82 Å². The molecular weight excluding hydrogens is 356 g/mol. The van der Waals surface area contributed by atoms with Crippen LogP contribution >= 0.6 is 0 Å². The van der Waals surface area contributed by atoms with E-state index in [9.17, 15) is 9.59 Å². The number of carbonyl (C=O) groups is 1. The number of nitrogens with zero attached hydrogens (tertiary/aromatic N) is 4. The minimum Gasteiger partial charge on any atom is -0.430 e. The lowest BCUT2D eigenvalue weighted by molar-refractivity contribution is 0.0743. The van der Waals surface area contributed by atoms with Gasteiger partial charge in [-0.05, 0) is 30.7 Å². The van der Waals surface area contributed by atoms with Crippen molar-refractivity contribution in [2.75, 3.05) is 31.1 Å². The van der Waals surface area contributed by atoms with E-state index in [4.69, 9.17) is 4.42 Å². The van der Waals surface area contributed by atoms with Crippen molar-refractivity contribution in [2.45, 2.75) is 6.92 Å². The van der Waals surface area contributed by atoms with E-state index in [1.165, 1.54) is 18.4 Å². The van der Waals surface area contributed by atoms with E-state index >= 15 is 0 Å². The zero-order valence-corrected chi connectivity index (χ0v) is 15.5. The molecule has 3 heterocycles. The van der Waals surface area contributed by atoms with E-state index in [0.29, 0.717) is 31.7 Å². The molecule has 0 spiro atoms. The Labute approximate surface area is 162 Å². The highest BCUT2D eigenvalue weighted by Gasteiger charge is 2.23. The van der Waals surface area contributed by atoms with E-state index in [-0.39, 0.29) is 5.91 Å². The number of rotatable bonds is 3. The topological polar surface area (TPSA) is 79.5 Å². The van der Waals surface area contributed by atoms with Gasteiger partial charge in [-0.3, -0.25) is 4.79 Å². The molecule has 0 radical (unpaired) electrons. The van der Waals surface area contributed by atoms with Crippen LogP contribution in [-0.4, -0.2) is 47.2 Å². The van der Waals surface area contributed by atoms with Crippen molar-refractivity contribution in [2.24, 2.45) is 0 Å². The fraction of sp³-hybridized carbons (Fsp3) is 0.238. The molecule has 1 saturated heterocycles. The van der Waals surface area contributed by atoms with Crippen LogP contribution in [-0.2, 0) is 0 Å². The Bertz CT molecular complexity index is 1020. The number of anilines is 1. The standard InChI is InChI=1S/C21H20N4O3/c1-15-4-2-3-5-17(15)18-7-8-19(23-22-18)24-10-12-25(13-11-24)21(27)16-6-9-20(26)28-14-16/h2-9,14H,10-13H2,1H3. The third-order valence-corrected chi connectivity index (χ3v) is 4.91. The highest BCUT2D eigenvalue weighted by Crippen LogP contribution is 2.22. The summed E-state index contributed by atoms with van der Waals surface area (Å²) in [5.74, 6) is 0.666. The molecular formula is C21H20N4O3. The number of benzene rings is 1. The van der Waals surface area contributed by atoms with Crippen molar-refractivity contribution in [1.29, 1.82) is 0 Å². The Kier molecular flexibility index (Phi) is 4.89. The summed E-state index contributed by atoms with van der Waals surface area (Å²) in [5, 5.41) is 8.76. The van der Waals surface area contributed by atoms with Crippen molar-refractivity contribution in [3.05, 3.63) is 76.3 Å². The van der Waals surface area contributed by atoms with Gasteiger partial charge in [0.25, 0.3) is 5.91 Å². The largest absolute Gasteiger partial charge is 0.430 e. The molecule has 0 N–H and O–H groups in total. The number of carbonyl (C=O) groups excluding carboxylic acids is 1. The Morgan fingerprint density at radius 3 is 2.39 bits per heavy atom. The smallest absolute Gasteiger partial charge is 0.335 e. The molecule has 1 fully saturated rings. The van der Waals surface area contributed by atoms with Gasteiger partial charge in [-0.15, -0.1) is 10.2 Å². The first-order valence-corrected chi connectivity index (χ1v) is 9.14. The Morgan fingerprint density at radius 1 is 0.964 bits per heavy atom. The van der Waals surface area contributed by atoms with E-state index in [1.807, 2.05) is 30.3 Å². The molecule has 0 bridgehead atoms. The minimum absolute atomic E-state index is 0.135. The molecule has 1 aromatic carbocycles. The lowest BCUT2D eigenvalue weighted by Crippen LogP contribution is -2.49. The number of hydrogen-bond acceptors (Lipinski definition) is 6. The number of aromatic nitrogens is 2. The van der Waals surface area contributed by atoms with Gasteiger partial charge in [-0.2, -0.15) is 0 Å². The van der Waals surface area contributed by atoms with Crippen LogP contribution in [0.3, 0.4) is 0 Å². The van der Waals surface area contributed by atoms with E-state index in [0.717, 1.165) is 22.6 Å². The van der Waals surface area contributed by atoms with Crippen LogP contribution in [0.5, 0.6) is 0 Å². The first kappa shape index (κ1) is 17.9. The lowest BCUT2D eigenvalue weighted by atomic mass is 10.1. The predicted molar refractivity (Wildman–Crippen MR) is 105 cm³/mol. The molecule has 0 saturated carbocycles. The summed E-state index contributed by atoms with van der Waals surface area (Å²) in [7, 11) is 0.